The summed E-state index contributed by atoms with van der Waals surface area (Å²) in [5, 5.41) is 0. The first-order valence-corrected chi connectivity index (χ1v) is 13.1. The summed E-state index contributed by atoms with van der Waals surface area (Å²) >= 11 is 7.24. The van der Waals surface area contributed by atoms with Crippen LogP contribution in [0.5, 0.6) is 0 Å². The molecule has 4 saturated carbocycles. The fraction of sp³-hybridized carbons (Fsp3) is 0.750. The number of carbonyl (C=O) groups is 1. The molecule has 7 unspecified atom stereocenters. The number of likely N-dealkylation sites (tertiary alicyclic amines) is 1. The third-order valence-corrected chi connectivity index (χ3v) is 11.4. The first kappa shape index (κ1) is 22.7. The quantitative estimate of drug-likeness (QED) is 0.465. The molecule has 1 spiro atoms. The van der Waals surface area contributed by atoms with Crippen molar-refractivity contribution in [3.05, 3.63) is 35.9 Å². The molecule has 0 radical (unpaired) electrons. The number of nitrogens with two attached hydrogens (primary N) is 1. The molecule has 3 bridgehead atoms. The van der Waals surface area contributed by atoms with E-state index in [1.807, 2.05) is 0 Å². The van der Waals surface area contributed by atoms with Crippen molar-refractivity contribution < 1.29 is 4.79 Å². The van der Waals surface area contributed by atoms with Crippen LogP contribution in [0.4, 0.5) is 0 Å². The third-order valence-electron chi connectivity index (χ3n) is 10.6. The first-order valence-electron chi connectivity index (χ1n) is 12.7. The Kier molecular flexibility index (Phi) is 5.12. The summed E-state index contributed by atoms with van der Waals surface area (Å²) in [4.78, 5) is 12.3. The van der Waals surface area contributed by atoms with Crippen LogP contribution < -0.4 is 5.73 Å². The van der Waals surface area contributed by atoms with Gasteiger partial charge in [-0.05, 0) is 78.6 Å². The van der Waals surface area contributed by atoms with Crippen molar-refractivity contribution in [3.8, 4) is 0 Å². The lowest BCUT2D eigenvalue weighted by Crippen LogP contribution is -2.59. The predicted octanol–water partition coefficient (Wildman–Crippen LogP) is 5.74. The number of fused-ring (bicyclic) bond motifs is 2. The number of amides is 1. The predicted molar refractivity (Wildman–Crippen MR) is 132 cm³/mol. The molecule has 1 aromatic carbocycles. The minimum atomic E-state index is 0.0825. The molecule has 0 aromatic heterocycles. The maximum absolute atomic E-state index is 10.4. The van der Waals surface area contributed by atoms with E-state index in [0.717, 1.165) is 44.2 Å². The molecule has 2 N–H and O–H groups in total. The average molecular weight is 457 g/mol. The molecule has 7 atom stereocenters. The summed E-state index contributed by atoms with van der Waals surface area (Å²) in [6.45, 7) is 10.7. The van der Waals surface area contributed by atoms with Gasteiger partial charge < -0.3 is 10.6 Å². The van der Waals surface area contributed by atoms with Gasteiger partial charge in [-0.25, -0.2) is 0 Å². The number of carbonyl (C=O) groups excluding carboxylic acids is 1. The van der Waals surface area contributed by atoms with Crippen molar-refractivity contribution >= 4 is 18.0 Å². The van der Waals surface area contributed by atoms with Gasteiger partial charge in [0.05, 0.1) is 4.87 Å². The number of alkyl halides is 1. The molecule has 5 aliphatic rings. The van der Waals surface area contributed by atoms with Gasteiger partial charge in [-0.1, -0.05) is 58.0 Å². The van der Waals surface area contributed by atoms with Gasteiger partial charge in [-0.3, -0.25) is 4.79 Å². The number of benzene rings is 1. The Morgan fingerprint density at radius 2 is 1.84 bits per heavy atom. The Bertz CT molecular complexity index is 889. The number of nitrogens with zero attached hydrogens (tertiary/aromatic N) is 1. The van der Waals surface area contributed by atoms with Gasteiger partial charge in [-0.15, -0.1) is 11.6 Å². The van der Waals surface area contributed by atoms with Crippen LogP contribution in [0.15, 0.2) is 30.3 Å². The zero-order valence-electron chi connectivity index (χ0n) is 20.4. The number of piperidine rings is 1. The van der Waals surface area contributed by atoms with Crippen LogP contribution in [-0.4, -0.2) is 35.3 Å². The van der Waals surface area contributed by atoms with Gasteiger partial charge in [0.1, 0.15) is 0 Å². The summed E-state index contributed by atoms with van der Waals surface area (Å²) in [7, 11) is 0. The van der Waals surface area contributed by atoms with Gasteiger partial charge in [0.15, 0.2) is 0 Å². The van der Waals surface area contributed by atoms with E-state index < -0.39 is 0 Å². The highest BCUT2D eigenvalue weighted by Gasteiger charge is 2.82. The van der Waals surface area contributed by atoms with E-state index in [0.29, 0.717) is 16.2 Å². The Morgan fingerprint density at radius 1 is 1.12 bits per heavy atom. The Morgan fingerprint density at radius 3 is 2.47 bits per heavy atom. The van der Waals surface area contributed by atoms with Crippen LogP contribution >= 0.6 is 11.6 Å². The fourth-order valence-electron chi connectivity index (χ4n) is 9.26. The zero-order valence-corrected chi connectivity index (χ0v) is 21.1. The van der Waals surface area contributed by atoms with Crippen molar-refractivity contribution in [2.24, 2.45) is 33.8 Å². The summed E-state index contributed by atoms with van der Waals surface area (Å²) in [5.74, 6) is 1.53. The van der Waals surface area contributed by atoms with Crippen molar-refractivity contribution in [1.82, 2.24) is 4.90 Å². The van der Waals surface area contributed by atoms with Crippen molar-refractivity contribution in [2.75, 3.05) is 13.1 Å². The minimum Gasteiger partial charge on any atom is -0.345 e. The molecule has 1 aliphatic heterocycles. The molecule has 176 valence electrons. The van der Waals surface area contributed by atoms with E-state index in [1.54, 1.807) is 10.5 Å². The molecule has 1 amide bonds. The lowest BCUT2D eigenvalue weighted by Gasteiger charge is -2.62. The third kappa shape index (κ3) is 2.92. The molecular formula is C28H41ClN2O. The fourth-order valence-corrected chi connectivity index (χ4v) is 9.70. The Hall–Kier alpha value is -1.06. The van der Waals surface area contributed by atoms with Crippen LogP contribution in [0.1, 0.15) is 78.2 Å². The summed E-state index contributed by atoms with van der Waals surface area (Å²) in [6, 6.07) is 11.6. The second-order valence-corrected chi connectivity index (χ2v) is 13.6. The number of halogens is 1. The maximum atomic E-state index is 10.4. The minimum absolute atomic E-state index is 0.0825. The molecule has 6 rings (SSSR count). The highest BCUT2D eigenvalue weighted by atomic mass is 35.5. The zero-order chi connectivity index (χ0) is 23.0. The summed E-state index contributed by atoms with van der Waals surface area (Å²) in [5.41, 5.74) is 9.11. The highest BCUT2D eigenvalue weighted by Crippen LogP contribution is 2.87. The Balaban J connectivity index is 0.000000168. The van der Waals surface area contributed by atoms with Gasteiger partial charge in [0.25, 0.3) is 0 Å². The van der Waals surface area contributed by atoms with E-state index in [9.17, 15) is 4.79 Å². The van der Waals surface area contributed by atoms with E-state index in [-0.39, 0.29) is 16.3 Å². The van der Waals surface area contributed by atoms with Crippen LogP contribution in [0.25, 0.3) is 0 Å². The average Bonchev–Trinajstić information content (AvgIpc) is 3.00. The maximum Gasteiger partial charge on any atom is 0.209 e. The largest absolute Gasteiger partial charge is 0.345 e. The molecule has 4 aliphatic carbocycles. The highest BCUT2D eigenvalue weighted by molar-refractivity contribution is 6.24. The second kappa shape index (κ2) is 7.22. The van der Waals surface area contributed by atoms with Gasteiger partial charge >= 0.3 is 0 Å². The summed E-state index contributed by atoms with van der Waals surface area (Å²) in [6.07, 6.45) is 9.96. The van der Waals surface area contributed by atoms with Crippen LogP contribution in [0, 0.1) is 28.1 Å². The number of hydrogen-bond acceptors (Lipinski definition) is 2. The van der Waals surface area contributed by atoms with Crippen LogP contribution in [0.3, 0.4) is 0 Å². The lowest BCUT2D eigenvalue weighted by molar-refractivity contribution is -0.121. The van der Waals surface area contributed by atoms with Crippen molar-refractivity contribution in [2.45, 2.75) is 89.0 Å². The monoisotopic (exact) mass is 456 g/mol. The lowest BCUT2D eigenvalue weighted by atomic mass is 9.43. The molecule has 1 aromatic rings. The van der Waals surface area contributed by atoms with E-state index in [4.69, 9.17) is 17.3 Å². The van der Waals surface area contributed by atoms with E-state index in [2.05, 4.69) is 58.0 Å². The normalized spacial score (nSPS) is 47.3. The Labute approximate surface area is 199 Å². The summed E-state index contributed by atoms with van der Waals surface area (Å²) < 4.78 is 0. The van der Waals surface area contributed by atoms with E-state index in [1.165, 1.54) is 32.1 Å². The molecule has 5 fully saturated rings. The molecule has 1 saturated heterocycles. The SMILES string of the molecule is CC1(C)CN(C=O)CCC1N.CCC1(Cl)C2CC3(C)CC4(c5ccccc5)CC1C4(C2)C3. The van der Waals surface area contributed by atoms with Crippen molar-refractivity contribution in [3.63, 3.8) is 0 Å². The van der Waals surface area contributed by atoms with Crippen molar-refractivity contribution in [1.29, 1.82) is 0 Å². The van der Waals surface area contributed by atoms with Crippen LogP contribution in [0.2, 0.25) is 0 Å². The van der Waals surface area contributed by atoms with Gasteiger partial charge in [0, 0.05) is 24.5 Å². The van der Waals surface area contributed by atoms with Crippen LogP contribution in [-0.2, 0) is 10.2 Å². The standard InChI is InChI=1S/C20H25Cl.C8H16N2O/c1-3-20(21)15-9-17(2)12-18(14-7-5-4-6-8-14)11-16(20)19(18,10-15)13-17;1-8(2)5-10(6-11)4-3-7(8)9/h4-8,15-16H,3,9-13H2,1-2H3;6-7H,3-5,9H2,1-2H3. The van der Waals surface area contributed by atoms with Gasteiger partial charge in [0.2, 0.25) is 6.41 Å². The number of hydrogen-bond donors (Lipinski definition) is 1. The first-order chi connectivity index (χ1) is 15.0. The topological polar surface area (TPSA) is 46.3 Å². The molecular weight excluding hydrogens is 416 g/mol. The molecule has 3 nitrogen and oxygen atoms in total. The molecule has 4 heteroatoms. The molecule has 32 heavy (non-hydrogen) atoms. The number of rotatable bonds is 3. The second-order valence-electron chi connectivity index (χ2n) is 12.9. The van der Waals surface area contributed by atoms with Gasteiger partial charge in [-0.2, -0.15) is 0 Å². The van der Waals surface area contributed by atoms with E-state index >= 15 is 0 Å². The molecule has 1 heterocycles. The smallest absolute Gasteiger partial charge is 0.209 e.